The average Bonchev–Trinajstić information content (AvgIpc) is 2.90. The minimum atomic E-state index is 1.08. The van der Waals surface area contributed by atoms with Crippen LogP contribution < -0.4 is 10.2 Å². The molecule has 5 aromatic carbocycles. The van der Waals surface area contributed by atoms with Crippen LogP contribution in [0.15, 0.2) is 127 Å². The highest BCUT2D eigenvalue weighted by molar-refractivity contribution is 5.73. The van der Waals surface area contributed by atoms with Gasteiger partial charge in [-0.15, -0.1) is 0 Å². The fourth-order valence-electron chi connectivity index (χ4n) is 4.08. The highest BCUT2D eigenvalue weighted by Gasteiger charge is 2.05. The van der Waals surface area contributed by atoms with Crippen molar-refractivity contribution in [1.82, 2.24) is 0 Å². The molecule has 0 fully saturated rings. The molecule has 0 unspecified atom stereocenters. The Kier molecular flexibility index (Phi) is 6.13. The van der Waals surface area contributed by atoms with Gasteiger partial charge >= 0.3 is 0 Å². The third-order valence-electron chi connectivity index (χ3n) is 6.17. The first-order valence-corrected chi connectivity index (χ1v) is 11.6. The van der Waals surface area contributed by atoms with Crippen LogP contribution in [0.2, 0.25) is 0 Å². The van der Waals surface area contributed by atoms with Crippen molar-refractivity contribution in [3.8, 4) is 22.3 Å². The molecule has 5 aromatic rings. The maximum atomic E-state index is 3.50. The van der Waals surface area contributed by atoms with E-state index in [4.69, 9.17) is 0 Å². The summed E-state index contributed by atoms with van der Waals surface area (Å²) >= 11 is 0. The first-order chi connectivity index (χ1) is 16.7. The molecule has 166 valence electrons. The number of rotatable bonds is 6. The standard InChI is InChI=1S/C32H28N2/c1-24-8-20-31(21-9-24)34(2)32-22-14-28(15-23-32)27-12-18-30(19-13-27)33-29-16-10-26(11-17-29)25-6-4-3-5-7-25/h3-23,33H,1-2H3. The number of anilines is 4. The normalized spacial score (nSPS) is 10.6. The zero-order valence-corrected chi connectivity index (χ0v) is 19.6. The van der Waals surface area contributed by atoms with Crippen molar-refractivity contribution in [2.45, 2.75) is 6.92 Å². The summed E-state index contributed by atoms with van der Waals surface area (Å²) in [7, 11) is 2.10. The Hall–Kier alpha value is -4.30. The third kappa shape index (κ3) is 4.87. The van der Waals surface area contributed by atoms with Crippen molar-refractivity contribution in [3.05, 3.63) is 133 Å². The van der Waals surface area contributed by atoms with E-state index in [1.54, 1.807) is 0 Å². The monoisotopic (exact) mass is 440 g/mol. The van der Waals surface area contributed by atoms with Crippen LogP contribution in [0.5, 0.6) is 0 Å². The van der Waals surface area contributed by atoms with Gasteiger partial charge in [-0.1, -0.05) is 84.4 Å². The van der Waals surface area contributed by atoms with E-state index in [0.717, 1.165) is 11.4 Å². The summed E-state index contributed by atoms with van der Waals surface area (Å²) in [6, 6.07) is 44.9. The third-order valence-corrected chi connectivity index (χ3v) is 6.17. The quantitative estimate of drug-likeness (QED) is 0.284. The number of nitrogens with zero attached hydrogens (tertiary/aromatic N) is 1. The lowest BCUT2D eigenvalue weighted by Crippen LogP contribution is -2.08. The van der Waals surface area contributed by atoms with Crippen LogP contribution in [0.4, 0.5) is 22.7 Å². The molecule has 0 atom stereocenters. The van der Waals surface area contributed by atoms with Crippen LogP contribution in [0.25, 0.3) is 22.3 Å². The van der Waals surface area contributed by atoms with E-state index in [0.29, 0.717) is 0 Å². The smallest absolute Gasteiger partial charge is 0.0408 e. The van der Waals surface area contributed by atoms with Crippen molar-refractivity contribution < 1.29 is 0 Å². The van der Waals surface area contributed by atoms with E-state index in [1.165, 1.54) is 39.2 Å². The Morgan fingerprint density at radius 3 is 1.29 bits per heavy atom. The molecule has 1 N–H and O–H groups in total. The van der Waals surface area contributed by atoms with Crippen molar-refractivity contribution in [3.63, 3.8) is 0 Å². The Balaban J connectivity index is 1.25. The number of aryl methyl sites for hydroxylation is 1. The Morgan fingerprint density at radius 2 is 0.824 bits per heavy atom. The highest BCUT2D eigenvalue weighted by Crippen LogP contribution is 2.29. The SMILES string of the molecule is Cc1ccc(N(C)c2ccc(-c3ccc(Nc4ccc(-c5ccccc5)cc4)cc3)cc2)cc1. The molecule has 2 nitrogen and oxygen atoms in total. The van der Waals surface area contributed by atoms with Crippen molar-refractivity contribution in [2.24, 2.45) is 0 Å². The van der Waals surface area contributed by atoms with Crippen molar-refractivity contribution >= 4 is 22.7 Å². The van der Waals surface area contributed by atoms with E-state index in [-0.39, 0.29) is 0 Å². The molecular weight excluding hydrogens is 412 g/mol. The molecule has 0 amide bonds. The topological polar surface area (TPSA) is 15.3 Å². The fraction of sp³-hybridized carbons (Fsp3) is 0.0625. The first kappa shape index (κ1) is 21.5. The van der Waals surface area contributed by atoms with Gasteiger partial charge in [-0.25, -0.2) is 0 Å². The van der Waals surface area contributed by atoms with E-state index in [9.17, 15) is 0 Å². The summed E-state index contributed by atoms with van der Waals surface area (Å²) < 4.78 is 0. The second-order valence-electron chi connectivity index (χ2n) is 8.59. The van der Waals surface area contributed by atoms with Crippen molar-refractivity contribution in [1.29, 1.82) is 0 Å². The van der Waals surface area contributed by atoms with Gasteiger partial charge in [0.1, 0.15) is 0 Å². The van der Waals surface area contributed by atoms with Crippen LogP contribution in [-0.2, 0) is 0 Å². The van der Waals surface area contributed by atoms with Crippen molar-refractivity contribution in [2.75, 3.05) is 17.3 Å². The van der Waals surface area contributed by atoms with E-state index < -0.39 is 0 Å². The maximum absolute atomic E-state index is 3.50. The van der Waals surface area contributed by atoms with Gasteiger partial charge in [0.25, 0.3) is 0 Å². The molecule has 0 saturated heterocycles. The summed E-state index contributed by atoms with van der Waals surface area (Å²) in [6.07, 6.45) is 0. The van der Waals surface area contributed by atoms with Crippen LogP contribution in [-0.4, -0.2) is 7.05 Å². The van der Waals surface area contributed by atoms with Crippen LogP contribution in [0, 0.1) is 6.92 Å². The van der Waals surface area contributed by atoms with Gasteiger partial charge in [0.05, 0.1) is 0 Å². The largest absolute Gasteiger partial charge is 0.356 e. The van der Waals surface area contributed by atoms with Crippen LogP contribution >= 0.6 is 0 Å². The minimum Gasteiger partial charge on any atom is -0.356 e. The summed E-state index contributed by atoms with van der Waals surface area (Å²) in [5, 5.41) is 3.50. The molecule has 5 rings (SSSR count). The number of hydrogen-bond acceptors (Lipinski definition) is 2. The highest BCUT2D eigenvalue weighted by atomic mass is 15.1. The zero-order chi connectivity index (χ0) is 23.3. The molecule has 2 heteroatoms. The van der Waals surface area contributed by atoms with Crippen LogP contribution in [0.3, 0.4) is 0 Å². The molecule has 0 spiro atoms. The summed E-state index contributed by atoms with van der Waals surface area (Å²) in [5.41, 5.74) is 10.6. The predicted octanol–water partition coefficient (Wildman–Crippen LogP) is 8.84. The average molecular weight is 441 g/mol. The lowest BCUT2D eigenvalue weighted by Gasteiger charge is -2.20. The molecule has 34 heavy (non-hydrogen) atoms. The number of benzene rings is 5. The first-order valence-electron chi connectivity index (χ1n) is 11.6. The van der Waals surface area contributed by atoms with Gasteiger partial charge in [0, 0.05) is 29.8 Å². The Labute approximate surface area is 202 Å². The Morgan fingerprint density at radius 1 is 0.441 bits per heavy atom. The van der Waals surface area contributed by atoms with E-state index in [1.807, 2.05) is 6.07 Å². The molecule has 0 aliphatic carbocycles. The number of hydrogen-bond donors (Lipinski definition) is 1. The second kappa shape index (κ2) is 9.68. The molecule has 0 saturated carbocycles. The lowest BCUT2D eigenvalue weighted by atomic mass is 10.0. The van der Waals surface area contributed by atoms with Gasteiger partial charge in [-0.2, -0.15) is 0 Å². The number of nitrogens with one attached hydrogen (secondary N) is 1. The molecule has 0 radical (unpaired) electrons. The molecule has 0 aliphatic rings. The lowest BCUT2D eigenvalue weighted by molar-refractivity contribution is 1.20. The molecule has 0 bridgehead atoms. The Bertz CT molecular complexity index is 1340. The molecule has 0 aromatic heterocycles. The summed E-state index contributed by atoms with van der Waals surface area (Å²) in [5.74, 6) is 0. The summed E-state index contributed by atoms with van der Waals surface area (Å²) in [6.45, 7) is 2.11. The van der Waals surface area contributed by atoms with Gasteiger partial charge in [-0.05, 0) is 77.7 Å². The van der Waals surface area contributed by atoms with Gasteiger partial charge in [-0.3, -0.25) is 0 Å². The predicted molar refractivity (Wildman–Crippen MR) is 146 cm³/mol. The molecule has 0 aliphatic heterocycles. The van der Waals surface area contributed by atoms with Gasteiger partial charge in [0.2, 0.25) is 0 Å². The maximum Gasteiger partial charge on any atom is 0.0408 e. The molecule has 0 heterocycles. The van der Waals surface area contributed by atoms with Crippen LogP contribution in [0.1, 0.15) is 5.56 Å². The second-order valence-corrected chi connectivity index (χ2v) is 8.59. The minimum absolute atomic E-state index is 1.08. The van der Waals surface area contributed by atoms with E-state index in [2.05, 4.69) is 146 Å². The molecular formula is C32H28N2. The van der Waals surface area contributed by atoms with E-state index >= 15 is 0 Å². The summed E-state index contributed by atoms with van der Waals surface area (Å²) in [4.78, 5) is 2.21. The zero-order valence-electron chi connectivity index (χ0n) is 19.6. The fourth-order valence-corrected chi connectivity index (χ4v) is 4.08. The van der Waals surface area contributed by atoms with Gasteiger partial charge < -0.3 is 10.2 Å². The van der Waals surface area contributed by atoms with Gasteiger partial charge in [0.15, 0.2) is 0 Å².